The summed E-state index contributed by atoms with van der Waals surface area (Å²) in [7, 11) is 0. The summed E-state index contributed by atoms with van der Waals surface area (Å²) in [6, 6.07) is 31.2. The maximum Gasteiger partial charge on any atom is 0.169 e. The molecule has 5 rings (SSSR count). The highest BCUT2D eigenvalue weighted by atomic mass is 16.3. The Labute approximate surface area is 202 Å². The number of hydrogen-bond acceptors (Lipinski definition) is 4. The Morgan fingerprint density at radius 1 is 0.912 bits per heavy atom. The number of benzene rings is 3. The van der Waals surface area contributed by atoms with Gasteiger partial charge in [0.2, 0.25) is 0 Å². The Morgan fingerprint density at radius 2 is 1.53 bits per heavy atom. The van der Waals surface area contributed by atoms with Crippen molar-refractivity contribution in [1.82, 2.24) is 10.3 Å². The van der Waals surface area contributed by atoms with E-state index in [0.29, 0.717) is 6.04 Å². The molecule has 0 aliphatic carbocycles. The quantitative estimate of drug-likeness (QED) is 0.601. The molecule has 3 unspecified atom stereocenters. The van der Waals surface area contributed by atoms with Crippen molar-refractivity contribution in [3.63, 3.8) is 0 Å². The van der Waals surface area contributed by atoms with Crippen molar-refractivity contribution < 1.29 is 10.0 Å². The van der Waals surface area contributed by atoms with Gasteiger partial charge in [0.05, 0.1) is 24.3 Å². The molecule has 0 spiro atoms. The van der Waals surface area contributed by atoms with E-state index in [1.54, 1.807) is 5.01 Å². The largest absolute Gasteiger partial charge is 0.859 e. The number of quaternary nitrogens is 1. The molecular formula is C29H34N4O. The van der Waals surface area contributed by atoms with Crippen LogP contribution in [0.1, 0.15) is 37.4 Å². The van der Waals surface area contributed by atoms with Crippen LogP contribution in [-0.4, -0.2) is 30.2 Å². The lowest BCUT2D eigenvalue weighted by atomic mass is 9.94. The van der Waals surface area contributed by atoms with Crippen LogP contribution in [-0.2, 0) is 6.54 Å². The summed E-state index contributed by atoms with van der Waals surface area (Å²) in [5.74, 6) is 0.0724. The third kappa shape index (κ3) is 4.47. The Kier molecular flexibility index (Phi) is 6.68. The third-order valence-corrected chi connectivity index (χ3v) is 7.06. The lowest BCUT2D eigenvalue weighted by Gasteiger charge is -2.45. The van der Waals surface area contributed by atoms with Gasteiger partial charge >= 0.3 is 0 Å². The maximum atomic E-state index is 14.1. The van der Waals surface area contributed by atoms with Crippen LogP contribution in [0.15, 0.2) is 102 Å². The maximum absolute atomic E-state index is 14.1. The molecule has 2 N–H and O–H groups in total. The van der Waals surface area contributed by atoms with Gasteiger partial charge in [-0.2, -0.15) is 0 Å². The van der Waals surface area contributed by atoms with E-state index in [9.17, 15) is 5.11 Å². The average Bonchev–Trinajstić information content (AvgIpc) is 3.22. The molecule has 0 saturated carbocycles. The van der Waals surface area contributed by atoms with E-state index in [1.807, 2.05) is 36.4 Å². The molecule has 0 amide bonds. The Morgan fingerprint density at radius 3 is 2.18 bits per heavy atom. The highest BCUT2D eigenvalue weighted by molar-refractivity contribution is 5.54. The predicted molar refractivity (Wildman–Crippen MR) is 134 cm³/mol. The zero-order valence-corrected chi connectivity index (χ0v) is 20.0. The van der Waals surface area contributed by atoms with Gasteiger partial charge in [0.15, 0.2) is 6.17 Å². The molecule has 176 valence electrons. The van der Waals surface area contributed by atoms with Gasteiger partial charge in [-0.05, 0) is 43.0 Å². The summed E-state index contributed by atoms with van der Waals surface area (Å²) in [6.45, 7) is 7.44. The van der Waals surface area contributed by atoms with Crippen LogP contribution in [0, 0.1) is 0 Å². The van der Waals surface area contributed by atoms with Crippen molar-refractivity contribution in [1.29, 1.82) is 0 Å². The van der Waals surface area contributed by atoms with E-state index in [-0.39, 0.29) is 18.1 Å². The lowest BCUT2D eigenvalue weighted by molar-refractivity contribution is -0.958. The molecular weight excluding hydrogens is 420 g/mol. The van der Waals surface area contributed by atoms with Gasteiger partial charge in [0.25, 0.3) is 0 Å². The SMILES string of the molecule is CC(C)[NH+]1CCCN(Cc2ccccc2)C1C1=C([O-])N(c2ccccc2)NC1c1ccccc1. The lowest BCUT2D eigenvalue weighted by Crippen LogP contribution is -3.21. The Hall–Kier alpha value is -3.12. The molecule has 1 saturated heterocycles. The number of nitrogens with one attached hydrogen (secondary N) is 2. The number of rotatable bonds is 6. The van der Waals surface area contributed by atoms with E-state index in [0.717, 1.165) is 42.9 Å². The van der Waals surface area contributed by atoms with Gasteiger partial charge in [-0.1, -0.05) is 78.9 Å². The van der Waals surface area contributed by atoms with Crippen LogP contribution >= 0.6 is 0 Å². The molecule has 2 aliphatic heterocycles. The van der Waals surface area contributed by atoms with Crippen LogP contribution in [0.5, 0.6) is 0 Å². The fourth-order valence-electron chi connectivity index (χ4n) is 5.43. The molecule has 5 heteroatoms. The number of para-hydroxylation sites is 1. The first-order valence-electron chi connectivity index (χ1n) is 12.3. The summed E-state index contributed by atoms with van der Waals surface area (Å²) in [4.78, 5) is 3.98. The van der Waals surface area contributed by atoms with Crippen molar-refractivity contribution in [2.75, 3.05) is 18.1 Å². The summed E-state index contributed by atoms with van der Waals surface area (Å²) < 4.78 is 0. The third-order valence-electron chi connectivity index (χ3n) is 7.06. The van der Waals surface area contributed by atoms with Gasteiger partial charge in [0, 0.05) is 25.1 Å². The number of nitrogens with zero attached hydrogens (tertiary/aromatic N) is 2. The summed E-state index contributed by atoms with van der Waals surface area (Å²) in [5, 5.41) is 15.9. The van der Waals surface area contributed by atoms with Gasteiger partial charge in [-0.3, -0.25) is 5.01 Å². The molecule has 2 aliphatic rings. The summed E-state index contributed by atoms with van der Waals surface area (Å²) in [5.41, 5.74) is 7.79. The molecule has 0 bridgehead atoms. The van der Waals surface area contributed by atoms with Crippen molar-refractivity contribution in [2.24, 2.45) is 0 Å². The molecule has 34 heavy (non-hydrogen) atoms. The second-order valence-corrected chi connectivity index (χ2v) is 9.60. The van der Waals surface area contributed by atoms with Crippen molar-refractivity contribution in [3.8, 4) is 0 Å². The van der Waals surface area contributed by atoms with Crippen LogP contribution in [0.2, 0.25) is 0 Å². The number of hydrazine groups is 1. The van der Waals surface area contributed by atoms with Gasteiger partial charge < -0.3 is 10.0 Å². The smallest absolute Gasteiger partial charge is 0.169 e. The second kappa shape index (κ2) is 10.0. The van der Waals surface area contributed by atoms with E-state index in [2.05, 4.69) is 78.8 Å². The Balaban J connectivity index is 1.61. The number of anilines is 1. The van der Waals surface area contributed by atoms with Gasteiger partial charge in [-0.25, -0.2) is 10.3 Å². The fraction of sp³-hybridized carbons (Fsp3) is 0.310. The Bertz CT molecular complexity index is 1100. The molecule has 0 aromatic heterocycles. The minimum atomic E-state index is -0.163. The second-order valence-electron chi connectivity index (χ2n) is 9.60. The van der Waals surface area contributed by atoms with Crippen LogP contribution in [0.3, 0.4) is 0 Å². The summed E-state index contributed by atoms with van der Waals surface area (Å²) in [6.07, 6.45) is 1.14. The van der Waals surface area contributed by atoms with E-state index >= 15 is 0 Å². The topological polar surface area (TPSA) is 46.0 Å². The first kappa shape index (κ1) is 22.7. The van der Waals surface area contributed by atoms with Crippen molar-refractivity contribution in [2.45, 2.75) is 45.1 Å². The average molecular weight is 455 g/mol. The molecule has 1 fully saturated rings. The van der Waals surface area contributed by atoms with E-state index < -0.39 is 0 Å². The highest BCUT2D eigenvalue weighted by Crippen LogP contribution is 2.36. The molecule has 5 nitrogen and oxygen atoms in total. The van der Waals surface area contributed by atoms with Crippen LogP contribution < -0.4 is 20.4 Å². The first-order chi connectivity index (χ1) is 16.6. The van der Waals surface area contributed by atoms with Crippen molar-refractivity contribution in [3.05, 3.63) is 114 Å². The monoisotopic (exact) mass is 454 g/mol. The highest BCUT2D eigenvalue weighted by Gasteiger charge is 2.44. The molecule has 2 heterocycles. The predicted octanol–water partition coefficient (Wildman–Crippen LogP) is 2.85. The van der Waals surface area contributed by atoms with Crippen molar-refractivity contribution >= 4 is 5.69 Å². The summed E-state index contributed by atoms with van der Waals surface area (Å²) >= 11 is 0. The van der Waals surface area contributed by atoms with E-state index in [4.69, 9.17) is 0 Å². The standard InChI is InChI=1S/C29H34N4O/c1-22(2)32-20-12-19-31(21-23-13-6-3-7-14-23)28(32)26-27(24-15-8-4-9-16-24)30-33(29(26)34)25-17-10-5-11-18-25/h3-11,13-18,22,27-28,30,34H,12,19-21H2,1-2H3. The first-order valence-corrected chi connectivity index (χ1v) is 12.3. The molecule has 0 radical (unpaired) electrons. The van der Waals surface area contributed by atoms with Gasteiger partial charge in [0.1, 0.15) is 0 Å². The van der Waals surface area contributed by atoms with Crippen LogP contribution in [0.25, 0.3) is 0 Å². The van der Waals surface area contributed by atoms with E-state index in [1.165, 1.54) is 10.5 Å². The minimum absolute atomic E-state index is 0.00729. The van der Waals surface area contributed by atoms with Crippen LogP contribution in [0.4, 0.5) is 5.69 Å². The zero-order valence-electron chi connectivity index (χ0n) is 20.0. The number of hydrogen-bond donors (Lipinski definition) is 2. The molecule has 3 aromatic carbocycles. The molecule has 3 atom stereocenters. The fourth-order valence-corrected chi connectivity index (χ4v) is 5.43. The normalized spacial score (nSPS) is 23.6. The minimum Gasteiger partial charge on any atom is -0.859 e. The van der Waals surface area contributed by atoms with Gasteiger partial charge in [-0.15, -0.1) is 0 Å². The molecule has 3 aromatic rings. The zero-order chi connectivity index (χ0) is 23.5.